The number of benzene rings is 4. The van der Waals surface area contributed by atoms with Gasteiger partial charge in [-0.15, -0.1) is 0 Å². The van der Waals surface area contributed by atoms with Crippen molar-refractivity contribution in [1.29, 1.82) is 0 Å². The molecule has 0 radical (unpaired) electrons. The number of fused-ring (bicyclic) bond motifs is 3. The van der Waals surface area contributed by atoms with Gasteiger partial charge in [0, 0.05) is 12.3 Å². The number of nitrogens with one attached hydrogen (secondary N) is 1. The Balaban J connectivity index is 1.34. The predicted molar refractivity (Wildman–Crippen MR) is 139 cm³/mol. The van der Waals surface area contributed by atoms with Gasteiger partial charge >= 0.3 is 6.09 Å². The van der Waals surface area contributed by atoms with Gasteiger partial charge in [0.1, 0.15) is 12.6 Å². The van der Waals surface area contributed by atoms with E-state index in [0.29, 0.717) is 5.56 Å². The number of halogens is 5. The van der Waals surface area contributed by atoms with Crippen LogP contribution in [0.4, 0.5) is 26.7 Å². The molecule has 0 spiro atoms. The summed E-state index contributed by atoms with van der Waals surface area (Å²) in [5.74, 6) is -11.2. The molecule has 0 aromatic heterocycles. The van der Waals surface area contributed by atoms with E-state index < -0.39 is 51.2 Å². The zero-order chi connectivity index (χ0) is 28.4. The number of carbonyl (C=O) groups is 2. The normalized spacial score (nSPS) is 12.9. The van der Waals surface area contributed by atoms with Gasteiger partial charge in [-0.25, -0.2) is 26.7 Å². The fourth-order valence-electron chi connectivity index (χ4n) is 4.67. The van der Waals surface area contributed by atoms with Crippen molar-refractivity contribution in [1.82, 2.24) is 5.32 Å². The first-order valence-electron chi connectivity index (χ1n) is 12.1. The van der Waals surface area contributed by atoms with Gasteiger partial charge in [0.2, 0.25) is 10.9 Å². The van der Waals surface area contributed by atoms with E-state index in [1.807, 2.05) is 48.5 Å². The molecule has 0 aliphatic heterocycles. The number of hydrogen-bond donors (Lipinski definition) is 1. The van der Waals surface area contributed by atoms with E-state index in [2.05, 4.69) is 5.32 Å². The molecule has 0 heterocycles. The van der Waals surface area contributed by atoms with Gasteiger partial charge in [0.15, 0.2) is 23.3 Å². The van der Waals surface area contributed by atoms with Crippen LogP contribution in [-0.4, -0.2) is 23.9 Å². The molecular formula is C30H20F5NO3S. The lowest BCUT2D eigenvalue weighted by Crippen LogP contribution is -2.42. The van der Waals surface area contributed by atoms with Crippen molar-refractivity contribution in [2.75, 3.05) is 6.61 Å². The largest absolute Gasteiger partial charge is 0.449 e. The summed E-state index contributed by atoms with van der Waals surface area (Å²) < 4.78 is 74.8. The minimum atomic E-state index is -2.33. The number of hydrogen-bond acceptors (Lipinski definition) is 4. The Morgan fingerprint density at radius 1 is 0.725 bits per heavy atom. The highest BCUT2D eigenvalue weighted by atomic mass is 32.2. The molecule has 0 saturated carbocycles. The third kappa shape index (κ3) is 5.31. The highest BCUT2D eigenvalue weighted by Gasteiger charge is 2.32. The predicted octanol–water partition coefficient (Wildman–Crippen LogP) is 7.15. The summed E-state index contributed by atoms with van der Waals surface area (Å²) in [5, 5.41) is 1.36. The zero-order valence-electron chi connectivity index (χ0n) is 20.6. The second-order valence-electron chi connectivity index (χ2n) is 9.03. The van der Waals surface area contributed by atoms with E-state index in [-0.39, 0.29) is 30.7 Å². The van der Waals surface area contributed by atoms with Crippen LogP contribution in [0.3, 0.4) is 0 Å². The molecule has 0 bridgehead atoms. The topological polar surface area (TPSA) is 55.4 Å². The number of amides is 1. The molecule has 204 valence electrons. The molecule has 4 aromatic rings. The second-order valence-corrected chi connectivity index (χ2v) is 10.0. The van der Waals surface area contributed by atoms with Crippen LogP contribution in [0.5, 0.6) is 0 Å². The lowest BCUT2D eigenvalue weighted by atomic mass is 9.98. The Hall–Kier alpha value is -4.18. The summed E-state index contributed by atoms with van der Waals surface area (Å²) in [6.45, 7) is -0.0586. The molecule has 5 rings (SSSR count). The Morgan fingerprint density at radius 3 is 1.80 bits per heavy atom. The molecule has 1 atom stereocenters. The van der Waals surface area contributed by atoms with Gasteiger partial charge in [-0.05, 0) is 39.6 Å². The van der Waals surface area contributed by atoms with Gasteiger partial charge in [-0.1, -0.05) is 78.9 Å². The molecular weight excluding hydrogens is 549 g/mol. The van der Waals surface area contributed by atoms with Crippen LogP contribution in [0, 0.1) is 29.1 Å². The van der Waals surface area contributed by atoms with Crippen molar-refractivity contribution < 1.29 is 36.3 Å². The quantitative estimate of drug-likeness (QED) is 0.111. The van der Waals surface area contributed by atoms with Crippen molar-refractivity contribution in [2.45, 2.75) is 23.3 Å². The number of thioether (sulfide) groups is 1. The van der Waals surface area contributed by atoms with Crippen LogP contribution in [0.1, 0.15) is 22.6 Å². The third-order valence-corrected chi connectivity index (χ3v) is 7.62. The van der Waals surface area contributed by atoms with Gasteiger partial charge in [0.05, 0.1) is 4.90 Å². The second kappa shape index (κ2) is 11.5. The Kier molecular flexibility index (Phi) is 7.88. The Labute approximate surface area is 230 Å². The van der Waals surface area contributed by atoms with Crippen LogP contribution < -0.4 is 5.32 Å². The highest BCUT2D eigenvalue weighted by Crippen LogP contribution is 2.44. The van der Waals surface area contributed by atoms with Crippen molar-refractivity contribution in [3.63, 3.8) is 0 Å². The van der Waals surface area contributed by atoms with E-state index in [0.717, 1.165) is 22.3 Å². The van der Waals surface area contributed by atoms with E-state index in [1.54, 1.807) is 30.3 Å². The molecule has 10 heteroatoms. The van der Waals surface area contributed by atoms with E-state index >= 15 is 0 Å². The summed E-state index contributed by atoms with van der Waals surface area (Å²) in [4.78, 5) is 24.6. The molecule has 0 fully saturated rings. The summed E-state index contributed by atoms with van der Waals surface area (Å²) in [6, 6.07) is 22.4. The summed E-state index contributed by atoms with van der Waals surface area (Å²) >= 11 is -0.178. The lowest BCUT2D eigenvalue weighted by Gasteiger charge is -2.19. The van der Waals surface area contributed by atoms with Crippen LogP contribution in [-0.2, 0) is 16.0 Å². The smallest absolute Gasteiger partial charge is 0.407 e. The maximum atomic E-state index is 14.2. The molecule has 1 unspecified atom stereocenters. The van der Waals surface area contributed by atoms with Gasteiger partial charge in [-0.3, -0.25) is 4.79 Å². The van der Waals surface area contributed by atoms with Crippen LogP contribution in [0.2, 0.25) is 0 Å². The number of carbonyl (C=O) groups excluding carboxylic acids is 2. The molecule has 1 N–H and O–H groups in total. The van der Waals surface area contributed by atoms with E-state index in [4.69, 9.17) is 4.74 Å². The molecule has 1 amide bonds. The summed E-state index contributed by atoms with van der Waals surface area (Å²) in [5.41, 5.74) is 4.55. The monoisotopic (exact) mass is 569 g/mol. The average molecular weight is 570 g/mol. The molecule has 4 nitrogen and oxygen atoms in total. The first kappa shape index (κ1) is 27.4. The van der Waals surface area contributed by atoms with Crippen molar-refractivity contribution in [2.24, 2.45) is 0 Å². The van der Waals surface area contributed by atoms with Crippen molar-refractivity contribution >= 4 is 23.0 Å². The zero-order valence-corrected chi connectivity index (χ0v) is 21.4. The lowest BCUT2D eigenvalue weighted by molar-refractivity contribution is -0.112. The Bertz CT molecular complexity index is 1520. The third-order valence-electron chi connectivity index (χ3n) is 6.58. The van der Waals surface area contributed by atoms with Gasteiger partial charge < -0.3 is 10.1 Å². The van der Waals surface area contributed by atoms with Crippen molar-refractivity contribution in [3.8, 4) is 11.1 Å². The first-order chi connectivity index (χ1) is 19.3. The number of rotatable bonds is 7. The standard InChI is InChI=1S/C30H20F5NO3S/c31-23-24(32)26(34)28(27(35)25(23)33)40-29(37)22(14-16-8-2-1-3-9-16)36-30(38)39-15-21-19-12-6-4-10-17(19)18-11-5-7-13-20(18)21/h1-13,21-22H,14-15H2,(H,36,38). The minimum Gasteiger partial charge on any atom is -0.449 e. The SMILES string of the molecule is O=C(NC(Cc1ccccc1)C(=O)Sc1c(F)c(F)c(F)c(F)c1F)OCC1c2ccccc2-c2ccccc21. The molecule has 1 aliphatic carbocycles. The van der Waals surface area contributed by atoms with Crippen molar-refractivity contribution in [3.05, 3.63) is 125 Å². The maximum absolute atomic E-state index is 14.2. The van der Waals surface area contributed by atoms with Gasteiger partial charge in [-0.2, -0.15) is 0 Å². The van der Waals surface area contributed by atoms with Gasteiger partial charge in [0.25, 0.3) is 0 Å². The molecule has 1 aliphatic rings. The average Bonchev–Trinajstić information content (AvgIpc) is 3.30. The van der Waals surface area contributed by atoms with Crippen LogP contribution in [0.15, 0.2) is 83.8 Å². The molecule has 4 aromatic carbocycles. The highest BCUT2D eigenvalue weighted by molar-refractivity contribution is 8.13. The van der Waals surface area contributed by atoms with E-state index in [9.17, 15) is 31.5 Å². The first-order valence-corrected chi connectivity index (χ1v) is 13.0. The molecule has 40 heavy (non-hydrogen) atoms. The summed E-state index contributed by atoms with van der Waals surface area (Å²) in [7, 11) is 0. The Morgan fingerprint density at radius 2 is 1.23 bits per heavy atom. The maximum Gasteiger partial charge on any atom is 0.407 e. The number of alkyl carbamates (subject to hydrolysis) is 1. The minimum absolute atomic E-state index is 0.0586. The fourth-order valence-corrected chi connectivity index (χ4v) is 5.52. The number of ether oxygens (including phenoxy) is 1. The van der Waals surface area contributed by atoms with E-state index in [1.165, 1.54) is 0 Å². The fraction of sp³-hybridized carbons (Fsp3) is 0.133. The van der Waals surface area contributed by atoms with Crippen LogP contribution >= 0.6 is 11.8 Å². The van der Waals surface area contributed by atoms with Crippen LogP contribution in [0.25, 0.3) is 11.1 Å². The summed E-state index contributed by atoms with van der Waals surface area (Å²) in [6.07, 6.45) is -1.10. The molecule has 0 saturated heterocycles.